The number of aryl methyl sites for hydroxylation is 1. The van der Waals surface area contributed by atoms with Crippen molar-refractivity contribution in [3.8, 4) is 11.3 Å². The van der Waals surface area contributed by atoms with Crippen LogP contribution in [-0.4, -0.2) is 89.3 Å². The topological polar surface area (TPSA) is 159 Å². The smallest absolute Gasteiger partial charge is 0.475 e. The first-order valence-electron chi connectivity index (χ1n) is 14.0. The predicted octanol–water partition coefficient (Wildman–Crippen LogP) is 6.31. The van der Waals surface area contributed by atoms with Crippen molar-refractivity contribution < 1.29 is 69.2 Å². The average Bonchev–Trinajstić information content (AvgIpc) is 3.42. The van der Waals surface area contributed by atoms with Gasteiger partial charge in [0.05, 0.1) is 23.2 Å². The summed E-state index contributed by atoms with van der Waals surface area (Å²) < 4.78 is 97.3. The maximum absolute atomic E-state index is 10.6. The van der Waals surface area contributed by atoms with E-state index in [2.05, 4.69) is 68.9 Å². The normalized spacial score (nSPS) is 13.9. The molecule has 20 heteroatoms. The minimum absolute atomic E-state index is 0.483. The Morgan fingerprint density at radius 3 is 1.68 bits per heavy atom. The lowest BCUT2D eigenvalue weighted by atomic mass is 9.92. The maximum atomic E-state index is 10.6. The van der Waals surface area contributed by atoms with Crippen molar-refractivity contribution in [1.29, 1.82) is 0 Å². The Bertz CT molecular complexity index is 1650. The second kappa shape index (κ2) is 17.4. The number of nitrogens with zero attached hydrogens (tertiary/aromatic N) is 5. The number of halogens is 9. The van der Waals surface area contributed by atoms with Crippen LogP contribution < -0.4 is 0 Å². The van der Waals surface area contributed by atoms with Gasteiger partial charge >= 0.3 is 36.4 Å². The minimum Gasteiger partial charge on any atom is -0.475 e. The van der Waals surface area contributed by atoms with Gasteiger partial charge in [-0.1, -0.05) is 36.4 Å². The van der Waals surface area contributed by atoms with Crippen LogP contribution in [0.2, 0.25) is 0 Å². The first kappa shape index (κ1) is 40.9. The molecule has 11 nitrogen and oxygen atoms in total. The van der Waals surface area contributed by atoms with Crippen molar-refractivity contribution in [3.05, 3.63) is 78.5 Å². The average molecular weight is 726 g/mol. The van der Waals surface area contributed by atoms with E-state index >= 15 is 0 Å². The highest BCUT2D eigenvalue weighted by Crippen LogP contribution is 2.33. The number of carbonyl (C=O) groups is 3. The first-order chi connectivity index (χ1) is 23.1. The standard InChI is InChI=1S/C24H25N5.3C2HF3O2/c1-28-17-26-24-22(28)15-21(27-23(24)19-7-3-2-4-8-19)18-10-13-29(14-11-18)16-20-9-5-6-12-25-20;3*3-2(4,5)1(6)7/h2-9,12,15,17-18H,10-11,13-14,16H2,1H3;3*(H,6,7). The molecule has 5 rings (SSSR count). The zero-order chi connectivity index (χ0) is 37.9. The molecule has 4 aromatic rings. The van der Waals surface area contributed by atoms with Crippen molar-refractivity contribution in [1.82, 2.24) is 24.4 Å². The Hall–Kier alpha value is -5.27. The molecule has 50 heavy (non-hydrogen) atoms. The number of rotatable bonds is 4. The molecule has 0 atom stereocenters. The number of benzene rings is 1. The number of carboxylic acid groups (broad SMARTS) is 3. The van der Waals surface area contributed by atoms with Crippen LogP contribution in [0.25, 0.3) is 22.3 Å². The lowest BCUT2D eigenvalue weighted by molar-refractivity contribution is -0.193. The van der Waals surface area contributed by atoms with Crippen LogP contribution in [0.5, 0.6) is 0 Å². The number of aromatic nitrogens is 4. The van der Waals surface area contributed by atoms with Gasteiger partial charge < -0.3 is 19.9 Å². The molecule has 3 aromatic heterocycles. The lowest BCUT2D eigenvalue weighted by Crippen LogP contribution is -2.33. The third kappa shape index (κ3) is 13.0. The molecule has 0 unspecified atom stereocenters. The van der Waals surface area contributed by atoms with E-state index in [0.29, 0.717) is 5.92 Å². The number of piperidine rings is 1. The fourth-order valence-corrected chi connectivity index (χ4v) is 4.26. The van der Waals surface area contributed by atoms with E-state index < -0.39 is 36.4 Å². The molecular formula is C30H28F9N5O6. The molecule has 1 aliphatic heterocycles. The van der Waals surface area contributed by atoms with E-state index in [1.165, 1.54) is 5.69 Å². The van der Waals surface area contributed by atoms with Crippen LogP contribution in [-0.2, 0) is 28.0 Å². The van der Waals surface area contributed by atoms with Gasteiger partial charge in [-0.25, -0.2) is 19.4 Å². The molecule has 0 radical (unpaired) electrons. The summed E-state index contributed by atoms with van der Waals surface area (Å²) in [5.74, 6) is -7.79. The van der Waals surface area contributed by atoms with Gasteiger partial charge in [0, 0.05) is 37.0 Å². The van der Waals surface area contributed by atoms with Crippen molar-refractivity contribution in [2.45, 2.75) is 43.8 Å². The van der Waals surface area contributed by atoms with Crippen molar-refractivity contribution in [2.24, 2.45) is 7.05 Å². The summed E-state index contributed by atoms with van der Waals surface area (Å²) in [5, 5.41) is 21.4. The third-order valence-electron chi connectivity index (χ3n) is 6.62. The van der Waals surface area contributed by atoms with Gasteiger partial charge in [-0.3, -0.25) is 14.9 Å². The monoisotopic (exact) mass is 725 g/mol. The van der Waals surface area contributed by atoms with Gasteiger partial charge in [0.15, 0.2) is 0 Å². The zero-order valence-corrected chi connectivity index (χ0v) is 25.7. The minimum atomic E-state index is -5.08. The maximum Gasteiger partial charge on any atom is 0.490 e. The van der Waals surface area contributed by atoms with Gasteiger partial charge in [0.1, 0.15) is 5.52 Å². The quantitative estimate of drug-likeness (QED) is 0.204. The van der Waals surface area contributed by atoms with Gasteiger partial charge in [-0.05, 0) is 44.1 Å². The molecular weight excluding hydrogens is 697 g/mol. The SMILES string of the molecule is Cn1cnc2c(-c3ccccc3)nc(C3CCN(Cc4ccccn4)CC3)cc21.O=C(O)C(F)(F)F.O=C(O)C(F)(F)F.O=C(O)C(F)(F)F. The molecule has 0 amide bonds. The van der Waals surface area contributed by atoms with Crippen LogP contribution in [0, 0.1) is 0 Å². The van der Waals surface area contributed by atoms with Crippen LogP contribution in [0.1, 0.15) is 30.1 Å². The molecule has 1 saturated heterocycles. The molecule has 3 N–H and O–H groups in total. The molecule has 0 bridgehead atoms. The summed E-state index contributed by atoms with van der Waals surface area (Å²) in [7, 11) is 2.06. The molecule has 0 saturated carbocycles. The number of hydrogen-bond acceptors (Lipinski definition) is 7. The summed E-state index contributed by atoms with van der Waals surface area (Å²) in [6.07, 6.45) is -9.24. The summed E-state index contributed by atoms with van der Waals surface area (Å²) in [5.41, 5.74) is 6.60. The number of hydrogen-bond donors (Lipinski definition) is 3. The molecule has 1 aliphatic rings. The fourth-order valence-electron chi connectivity index (χ4n) is 4.26. The van der Waals surface area contributed by atoms with E-state index in [1.54, 1.807) is 0 Å². The van der Waals surface area contributed by atoms with E-state index in [0.717, 1.165) is 60.5 Å². The van der Waals surface area contributed by atoms with Gasteiger partial charge in [-0.15, -0.1) is 0 Å². The van der Waals surface area contributed by atoms with Crippen molar-refractivity contribution in [2.75, 3.05) is 13.1 Å². The van der Waals surface area contributed by atoms with E-state index in [4.69, 9.17) is 34.7 Å². The third-order valence-corrected chi connectivity index (χ3v) is 6.62. The summed E-state index contributed by atoms with van der Waals surface area (Å²) >= 11 is 0. The Balaban J connectivity index is 0.000000338. The number of imidazole rings is 1. The van der Waals surface area contributed by atoms with E-state index in [1.807, 2.05) is 24.7 Å². The first-order valence-corrected chi connectivity index (χ1v) is 14.0. The number of carboxylic acids is 3. The largest absolute Gasteiger partial charge is 0.490 e. The zero-order valence-electron chi connectivity index (χ0n) is 25.7. The van der Waals surface area contributed by atoms with Gasteiger partial charge in [-0.2, -0.15) is 39.5 Å². The number of aliphatic carboxylic acids is 3. The second-order valence-corrected chi connectivity index (χ2v) is 10.3. The molecule has 0 spiro atoms. The van der Waals surface area contributed by atoms with E-state index in [9.17, 15) is 39.5 Å². The Labute approximate surface area is 276 Å². The fraction of sp³-hybridized carbons (Fsp3) is 0.333. The number of alkyl halides is 9. The Kier molecular flexibility index (Phi) is 14.2. The highest BCUT2D eigenvalue weighted by atomic mass is 19.4. The number of likely N-dealkylation sites (tertiary alicyclic amines) is 1. The number of fused-ring (bicyclic) bond motifs is 1. The van der Waals surface area contributed by atoms with Crippen LogP contribution >= 0.6 is 0 Å². The van der Waals surface area contributed by atoms with Gasteiger partial charge in [0.25, 0.3) is 0 Å². The Morgan fingerprint density at radius 1 is 0.760 bits per heavy atom. The van der Waals surface area contributed by atoms with Crippen LogP contribution in [0.4, 0.5) is 39.5 Å². The van der Waals surface area contributed by atoms with Gasteiger partial charge in [0.2, 0.25) is 0 Å². The number of pyridine rings is 2. The summed E-state index contributed by atoms with van der Waals surface area (Å²) in [6, 6.07) is 18.8. The molecule has 1 fully saturated rings. The van der Waals surface area contributed by atoms with Crippen LogP contribution in [0.3, 0.4) is 0 Å². The van der Waals surface area contributed by atoms with Crippen molar-refractivity contribution >= 4 is 28.9 Å². The highest BCUT2D eigenvalue weighted by molar-refractivity contribution is 5.90. The van der Waals surface area contributed by atoms with Crippen molar-refractivity contribution in [3.63, 3.8) is 0 Å². The molecule has 1 aromatic carbocycles. The predicted molar refractivity (Wildman–Crippen MR) is 157 cm³/mol. The summed E-state index contributed by atoms with van der Waals surface area (Å²) in [6.45, 7) is 3.08. The molecule has 4 heterocycles. The molecule has 0 aliphatic carbocycles. The lowest BCUT2D eigenvalue weighted by Gasteiger charge is -2.31. The summed E-state index contributed by atoms with van der Waals surface area (Å²) in [4.78, 5) is 43.4. The van der Waals surface area contributed by atoms with E-state index in [-0.39, 0.29) is 0 Å². The highest BCUT2D eigenvalue weighted by Gasteiger charge is 2.39. The second-order valence-electron chi connectivity index (χ2n) is 10.3. The Morgan fingerprint density at radius 2 is 1.24 bits per heavy atom. The molecule has 272 valence electrons. The van der Waals surface area contributed by atoms with Crippen LogP contribution in [0.15, 0.2) is 67.1 Å².